The molecule has 1 N–H and O–H groups in total. The first-order valence-electron chi connectivity index (χ1n) is 9.85. The predicted molar refractivity (Wildman–Crippen MR) is 122 cm³/mol. The molecule has 0 atom stereocenters. The fourth-order valence-electron chi connectivity index (χ4n) is 3.15. The first-order valence-corrected chi connectivity index (χ1v) is 10.7. The molecule has 4 rings (SSSR count). The van der Waals surface area contributed by atoms with Crippen molar-refractivity contribution in [1.82, 2.24) is 19.9 Å². The van der Waals surface area contributed by atoms with Crippen LogP contribution in [0.15, 0.2) is 53.9 Å². The number of thiazole rings is 1. The Morgan fingerprint density at radius 1 is 1.19 bits per heavy atom. The van der Waals surface area contributed by atoms with Crippen LogP contribution in [0.3, 0.4) is 0 Å². The zero-order valence-electron chi connectivity index (χ0n) is 17.5. The average molecular weight is 453 g/mol. The van der Waals surface area contributed by atoms with E-state index in [1.807, 2.05) is 11.4 Å². The number of rotatable bonds is 8. The van der Waals surface area contributed by atoms with Crippen molar-refractivity contribution in [2.75, 3.05) is 20.8 Å². The van der Waals surface area contributed by atoms with E-state index in [1.54, 1.807) is 55.1 Å². The van der Waals surface area contributed by atoms with E-state index in [2.05, 4.69) is 15.4 Å². The van der Waals surface area contributed by atoms with Crippen LogP contribution in [0, 0.1) is 5.82 Å². The average Bonchev–Trinajstić information content (AvgIpc) is 3.39. The van der Waals surface area contributed by atoms with E-state index < -0.39 is 0 Å². The monoisotopic (exact) mass is 452 g/mol. The minimum absolute atomic E-state index is 0.211. The number of ether oxygens (including phenoxy) is 2. The highest BCUT2D eigenvalue weighted by atomic mass is 32.1. The van der Waals surface area contributed by atoms with Crippen LogP contribution in [0.2, 0.25) is 0 Å². The van der Waals surface area contributed by atoms with E-state index in [-0.39, 0.29) is 11.7 Å². The van der Waals surface area contributed by atoms with Gasteiger partial charge in [0, 0.05) is 24.4 Å². The molecule has 0 unspecified atom stereocenters. The lowest BCUT2D eigenvalue weighted by Crippen LogP contribution is -2.23. The second-order valence-corrected chi connectivity index (χ2v) is 7.66. The Labute approximate surface area is 188 Å². The molecule has 7 nitrogen and oxygen atoms in total. The number of hydrogen-bond donors (Lipinski definition) is 1. The number of halogens is 1. The number of methoxy groups -OCH3 is 2. The van der Waals surface area contributed by atoms with Gasteiger partial charge in [-0.2, -0.15) is 4.98 Å². The first-order chi connectivity index (χ1) is 15.6. The van der Waals surface area contributed by atoms with Gasteiger partial charge in [0.05, 0.1) is 25.5 Å². The minimum Gasteiger partial charge on any atom is -0.493 e. The Morgan fingerprint density at radius 2 is 2.00 bits per heavy atom. The number of aromatic nitrogens is 3. The van der Waals surface area contributed by atoms with E-state index in [9.17, 15) is 9.18 Å². The molecule has 32 heavy (non-hydrogen) atoms. The van der Waals surface area contributed by atoms with Crippen molar-refractivity contribution in [1.29, 1.82) is 0 Å². The number of carbonyl (C=O) groups is 1. The summed E-state index contributed by atoms with van der Waals surface area (Å²) >= 11 is 1.43. The van der Waals surface area contributed by atoms with Crippen LogP contribution < -0.4 is 14.8 Å². The summed E-state index contributed by atoms with van der Waals surface area (Å²) in [5.41, 5.74) is 2.08. The zero-order chi connectivity index (χ0) is 22.5. The maximum atomic E-state index is 14.0. The molecule has 164 valence electrons. The quantitative estimate of drug-likeness (QED) is 0.409. The molecule has 2 aromatic heterocycles. The van der Waals surface area contributed by atoms with Gasteiger partial charge >= 0.3 is 0 Å². The van der Waals surface area contributed by atoms with Crippen LogP contribution in [-0.4, -0.2) is 41.3 Å². The SMILES string of the molecule is COc1ccc(/C=C/C(=O)NCCc2csc3nc(-c4ccccc4F)nn23)cc1OC. The summed E-state index contributed by atoms with van der Waals surface area (Å²) < 4.78 is 26.2. The van der Waals surface area contributed by atoms with Crippen LogP contribution >= 0.6 is 11.3 Å². The second kappa shape index (κ2) is 9.61. The summed E-state index contributed by atoms with van der Waals surface area (Å²) in [6.07, 6.45) is 3.74. The van der Waals surface area contributed by atoms with Crippen LogP contribution in [-0.2, 0) is 11.2 Å². The Hall–Kier alpha value is -3.72. The van der Waals surface area contributed by atoms with Gasteiger partial charge in [0.15, 0.2) is 17.3 Å². The van der Waals surface area contributed by atoms with Gasteiger partial charge in [-0.3, -0.25) is 4.79 Å². The Kier molecular flexibility index (Phi) is 6.46. The molecule has 0 aliphatic carbocycles. The molecule has 0 saturated heterocycles. The summed E-state index contributed by atoms with van der Waals surface area (Å²) in [4.78, 5) is 17.3. The summed E-state index contributed by atoms with van der Waals surface area (Å²) in [6.45, 7) is 0.426. The van der Waals surface area contributed by atoms with E-state index in [0.29, 0.717) is 40.8 Å². The van der Waals surface area contributed by atoms with Gasteiger partial charge < -0.3 is 14.8 Å². The minimum atomic E-state index is -0.360. The number of nitrogens with one attached hydrogen (secondary N) is 1. The van der Waals surface area contributed by atoms with Gasteiger partial charge in [-0.1, -0.05) is 18.2 Å². The summed E-state index contributed by atoms with van der Waals surface area (Å²) in [6, 6.07) is 11.8. The molecule has 0 fully saturated rings. The van der Waals surface area contributed by atoms with Gasteiger partial charge in [-0.15, -0.1) is 16.4 Å². The van der Waals surface area contributed by atoms with E-state index >= 15 is 0 Å². The lowest BCUT2D eigenvalue weighted by Gasteiger charge is -2.07. The summed E-state index contributed by atoms with van der Waals surface area (Å²) in [5.74, 6) is 0.998. The van der Waals surface area contributed by atoms with Crippen molar-refractivity contribution in [3.63, 3.8) is 0 Å². The van der Waals surface area contributed by atoms with Crippen LogP contribution in [0.4, 0.5) is 4.39 Å². The topological polar surface area (TPSA) is 77.8 Å². The number of carbonyl (C=O) groups excluding carboxylic acids is 1. The second-order valence-electron chi connectivity index (χ2n) is 6.83. The maximum Gasteiger partial charge on any atom is 0.244 e. The van der Waals surface area contributed by atoms with Crippen LogP contribution in [0.1, 0.15) is 11.3 Å². The number of fused-ring (bicyclic) bond motifs is 1. The lowest BCUT2D eigenvalue weighted by molar-refractivity contribution is -0.116. The molecule has 9 heteroatoms. The zero-order valence-corrected chi connectivity index (χ0v) is 18.4. The van der Waals surface area contributed by atoms with Crippen molar-refractivity contribution in [2.45, 2.75) is 6.42 Å². The number of amides is 1. The third-order valence-corrected chi connectivity index (χ3v) is 5.64. The first kappa shape index (κ1) is 21.5. The number of benzene rings is 2. The molecular weight excluding hydrogens is 431 g/mol. The predicted octanol–water partition coefficient (Wildman–Crippen LogP) is 3.99. The molecule has 4 aromatic rings. The summed E-state index contributed by atoms with van der Waals surface area (Å²) in [7, 11) is 3.13. The smallest absolute Gasteiger partial charge is 0.244 e. The molecule has 0 bridgehead atoms. The molecule has 0 radical (unpaired) electrons. The molecule has 1 amide bonds. The number of nitrogens with zero attached hydrogens (tertiary/aromatic N) is 3. The molecule has 0 aliphatic rings. The summed E-state index contributed by atoms with van der Waals surface area (Å²) in [5, 5.41) is 9.23. The van der Waals surface area contributed by atoms with Gasteiger partial charge in [0.25, 0.3) is 0 Å². The fraction of sp³-hybridized carbons (Fsp3) is 0.174. The van der Waals surface area contributed by atoms with Crippen LogP contribution in [0.25, 0.3) is 22.4 Å². The highest BCUT2D eigenvalue weighted by Gasteiger charge is 2.14. The third kappa shape index (κ3) is 4.62. The van der Waals surface area contributed by atoms with Crippen molar-refractivity contribution in [3.8, 4) is 22.9 Å². The molecule has 2 heterocycles. The van der Waals surface area contributed by atoms with E-state index in [0.717, 1.165) is 11.3 Å². The van der Waals surface area contributed by atoms with Crippen molar-refractivity contribution < 1.29 is 18.7 Å². The van der Waals surface area contributed by atoms with Crippen molar-refractivity contribution >= 4 is 28.3 Å². The highest BCUT2D eigenvalue weighted by molar-refractivity contribution is 7.15. The van der Waals surface area contributed by atoms with Gasteiger partial charge in [0.1, 0.15) is 5.82 Å². The molecule has 2 aromatic carbocycles. The molecular formula is C23H21FN4O3S. The molecule has 0 saturated carbocycles. The molecule has 0 aliphatic heterocycles. The Morgan fingerprint density at radius 3 is 2.78 bits per heavy atom. The van der Waals surface area contributed by atoms with Crippen molar-refractivity contribution in [2.24, 2.45) is 0 Å². The van der Waals surface area contributed by atoms with E-state index in [1.165, 1.54) is 23.5 Å². The van der Waals surface area contributed by atoms with E-state index in [4.69, 9.17) is 9.47 Å². The lowest BCUT2D eigenvalue weighted by atomic mass is 10.2. The largest absolute Gasteiger partial charge is 0.493 e. The van der Waals surface area contributed by atoms with Crippen molar-refractivity contribution in [3.05, 3.63) is 71.0 Å². The van der Waals surface area contributed by atoms with Gasteiger partial charge in [0.2, 0.25) is 10.9 Å². The fourth-order valence-corrected chi connectivity index (χ4v) is 4.01. The van der Waals surface area contributed by atoms with Gasteiger partial charge in [-0.05, 0) is 35.9 Å². The highest BCUT2D eigenvalue weighted by Crippen LogP contribution is 2.28. The maximum absolute atomic E-state index is 14.0. The third-order valence-electron chi connectivity index (χ3n) is 4.78. The molecule has 0 spiro atoms. The number of hydrogen-bond acceptors (Lipinski definition) is 6. The Bertz CT molecular complexity index is 1280. The Balaban J connectivity index is 1.37. The normalized spacial score (nSPS) is 11.2. The van der Waals surface area contributed by atoms with Crippen LogP contribution in [0.5, 0.6) is 11.5 Å². The van der Waals surface area contributed by atoms with Gasteiger partial charge in [-0.25, -0.2) is 8.91 Å². The standard InChI is InChI=1S/C23H21FN4O3S/c1-30-19-9-7-15(13-20(19)31-2)8-10-21(29)25-12-11-16-14-32-23-26-22(27-28(16)23)17-5-3-4-6-18(17)24/h3-10,13-14H,11-12H2,1-2H3,(H,25,29)/b10-8+.